The largest absolute Gasteiger partial charge is 0.462 e. The summed E-state index contributed by atoms with van der Waals surface area (Å²) < 4.78 is 9.82. The van der Waals surface area contributed by atoms with Gasteiger partial charge in [0.1, 0.15) is 18.1 Å². The van der Waals surface area contributed by atoms with Crippen LogP contribution in [0.5, 0.6) is 0 Å². The predicted octanol–water partition coefficient (Wildman–Crippen LogP) is 0.218. The Morgan fingerprint density at radius 2 is 2.07 bits per heavy atom. The summed E-state index contributed by atoms with van der Waals surface area (Å²) in [6, 6.07) is 0. The summed E-state index contributed by atoms with van der Waals surface area (Å²) in [4.78, 5) is 22.1. The maximum Gasteiger partial charge on any atom is 0.310 e. The lowest BCUT2D eigenvalue weighted by atomic mass is 9.80. The third-order valence-corrected chi connectivity index (χ3v) is 2.64. The van der Waals surface area contributed by atoms with Crippen LogP contribution in [0.3, 0.4) is 0 Å². The molecule has 0 aromatic carbocycles. The number of Topliss-reactive ketones (excluding diaryl/α,β-unsaturated/α-hetero) is 1. The van der Waals surface area contributed by atoms with E-state index in [4.69, 9.17) is 15.2 Å². The molecular weight excluding hydrogens is 198 g/mol. The molecule has 1 rings (SSSR count). The number of hydrogen-bond donors (Lipinski definition) is 1. The first-order chi connectivity index (χ1) is 7.02. The molecule has 0 aromatic heterocycles. The van der Waals surface area contributed by atoms with E-state index in [2.05, 4.69) is 0 Å². The molecule has 0 heterocycles. The van der Waals surface area contributed by atoms with Gasteiger partial charge in [-0.3, -0.25) is 9.59 Å². The normalized spacial score (nSPS) is 26.6. The molecule has 0 amide bonds. The molecule has 5 heteroatoms. The van der Waals surface area contributed by atoms with Gasteiger partial charge in [0.15, 0.2) is 0 Å². The van der Waals surface area contributed by atoms with Gasteiger partial charge in [0.2, 0.25) is 0 Å². The highest BCUT2D eigenvalue weighted by Crippen LogP contribution is 2.30. The van der Waals surface area contributed by atoms with Crippen LogP contribution in [0.15, 0.2) is 0 Å². The Morgan fingerprint density at radius 3 is 2.53 bits per heavy atom. The van der Waals surface area contributed by atoms with Crippen molar-refractivity contribution in [2.75, 3.05) is 7.11 Å². The second-order valence-electron chi connectivity index (χ2n) is 3.87. The van der Waals surface area contributed by atoms with E-state index < -0.39 is 6.23 Å². The van der Waals surface area contributed by atoms with Crippen molar-refractivity contribution in [1.82, 2.24) is 0 Å². The number of rotatable bonds is 5. The smallest absolute Gasteiger partial charge is 0.310 e. The van der Waals surface area contributed by atoms with Gasteiger partial charge in [-0.15, -0.1) is 0 Å². The van der Waals surface area contributed by atoms with E-state index in [1.807, 2.05) is 0 Å². The van der Waals surface area contributed by atoms with E-state index >= 15 is 0 Å². The molecule has 5 nitrogen and oxygen atoms in total. The molecule has 0 aromatic rings. The summed E-state index contributed by atoms with van der Waals surface area (Å²) >= 11 is 0. The monoisotopic (exact) mass is 215 g/mol. The second-order valence-corrected chi connectivity index (χ2v) is 3.87. The molecule has 86 valence electrons. The summed E-state index contributed by atoms with van der Waals surface area (Å²) in [6.45, 7) is 1.56. The molecular formula is C10H17NO4. The summed E-state index contributed by atoms with van der Waals surface area (Å²) in [7, 11) is 1.44. The van der Waals surface area contributed by atoms with Crippen LogP contribution in [0.2, 0.25) is 0 Å². The Kier molecular flexibility index (Phi) is 4.23. The summed E-state index contributed by atoms with van der Waals surface area (Å²) in [5, 5.41) is 0. The van der Waals surface area contributed by atoms with Gasteiger partial charge in [-0.2, -0.15) is 0 Å². The molecule has 0 radical (unpaired) electrons. The number of ketones is 1. The molecule has 1 fully saturated rings. The van der Waals surface area contributed by atoms with Gasteiger partial charge in [0.05, 0.1) is 6.42 Å². The van der Waals surface area contributed by atoms with Gasteiger partial charge in [-0.05, 0) is 19.8 Å². The van der Waals surface area contributed by atoms with Crippen molar-refractivity contribution >= 4 is 11.8 Å². The fourth-order valence-electron chi connectivity index (χ4n) is 1.48. The Morgan fingerprint density at radius 1 is 1.47 bits per heavy atom. The molecule has 1 unspecified atom stereocenters. The maximum absolute atomic E-state index is 11.2. The average molecular weight is 215 g/mol. The molecule has 1 aliphatic carbocycles. The minimum Gasteiger partial charge on any atom is -0.462 e. The Balaban J connectivity index is 2.16. The van der Waals surface area contributed by atoms with Crippen molar-refractivity contribution in [2.24, 2.45) is 11.7 Å². The van der Waals surface area contributed by atoms with Crippen LogP contribution in [0.1, 0.15) is 26.2 Å². The van der Waals surface area contributed by atoms with Crippen molar-refractivity contribution in [3.63, 3.8) is 0 Å². The molecule has 0 bridgehead atoms. The van der Waals surface area contributed by atoms with Crippen LogP contribution in [0.4, 0.5) is 0 Å². The highest BCUT2D eigenvalue weighted by molar-refractivity contribution is 5.79. The summed E-state index contributed by atoms with van der Waals surface area (Å²) in [5.41, 5.74) is 5.41. The van der Waals surface area contributed by atoms with Crippen molar-refractivity contribution in [1.29, 1.82) is 0 Å². The maximum atomic E-state index is 11.2. The number of carbonyl (C=O) groups excluding carboxylic acids is 2. The van der Waals surface area contributed by atoms with Crippen molar-refractivity contribution < 1.29 is 19.1 Å². The quantitative estimate of drug-likeness (QED) is 0.524. The summed E-state index contributed by atoms with van der Waals surface area (Å²) in [6.07, 6.45) is 0.612. The lowest BCUT2D eigenvalue weighted by Gasteiger charge is -2.32. The first-order valence-electron chi connectivity index (χ1n) is 5.01. The van der Waals surface area contributed by atoms with E-state index in [-0.39, 0.29) is 30.2 Å². The van der Waals surface area contributed by atoms with Crippen LogP contribution >= 0.6 is 0 Å². The molecule has 0 saturated heterocycles. The zero-order valence-electron chi connectivity index (χ0n) is 9.06. The van der Waals surface area contributed by atoms with Gasteiger partial charge >= 0.3 is 5.97 Å². The first kappa shape index (κ1) is 12.1. The van der Waals surface area contributed by atoms with Gasteiger partial charge < -0.3 is 15.2 Å². The fraction of sp³-hybridized carbons (Fsp3) is 0.800. The van der Waals surface area contributed by atoms with Crippen molar-refractivity contribution in [2.45, 2.75) is 38.5 Å². The van der Waals surface area contributed by atoms with E-state index in [0.29, 0.717) is 12.8 Å². The van der Waals surface area contributed by atoms with Crippen molar-refractivity contribution in [3.8, 4) is 0 Å². The van der Waals surface area contributed by atoms with E-state index in [0.717, 1.165) is 0 Å². The molecule has 0 spiro atoms. The Hall–Kier alpha value is -0.940. The third-order valence-electron chi connectivity index (χ3n) is 2.64. The van der Waals surface area contributed by atoms with Crippen LogP contribution in [-0.4, -0.2) is 31.2 Å². The number of methoxy groups -OCH3 is 1. The van der Waals surface area contributed by atoms with Gasteiger partial charge in [-0.1, -0.05) is 0 Å². The highest BCUT2D eigenvalue weighted by atomic mass is 16.5. The topological polar surface area (TPSA) is 78.6 Å². The van der Waals surface area contributed by atoms with E-state index in [1.165, 1.54) is 7.11 Å². The van der Waals surface area contributed by atoms with Crippen LogP contribution < -0.4 is 5.73 Å². The fourth-order valence-corrected chi connectivity index (χ4v) is 1.48. The predicted molar refractivity (Wildman–Crippen MR) is 52.9 cm³/mol. The van der Waals surface area contributed by atoms with Gasteiger partial charge in [0, 0.05) is 13.0 Å². The molecule has 1 aliphatic rings. The molecule has 0 aliphatic heterocycles. The highest BCUT2D eigenvalue weighted by Gasteiger charge is 2.35. The van der Waals surface area contributed by atoms with E-state index in [9.17, 15) is 9.59 Å². The SMILES string of the molecule is COC(N)CC(=O)OC1CC(C(C)=O)C1. The molecule has 2 N–H and O–H groups in total. The number of carbonyl (C=O) groups is 2. The zero-order chi connectivity index (χ0) is 11.4. The van der Waals surface area contributed by atoms with E-state index in [1.54, 1.807) is 6.92 Å². The summed E-state index contributed by atoms with van der Waals surface area (Å²) in [5.74, 6) is -0.133. The third kappa shape index (κ3) is 3.60. The van der Waals surface area contributed by atoms with Crippen molar-refractivity contribution in [3.05, 3.63) is 0 Å². The second kappa shape index (κ2) is 5.23. The minimum absolute atomic E-state index is 0.0533. The number of nitrogens with two attached hydrogens (primary N) is 1. The van der Waals surface area contributed by atoms with Gasteiger partial charge in [-0.25, -0.2) is 0 Å². The first-order valence-corrected chi connectivity index (χ1v) is 5.01. The van der Waals surface area contributed by atoms with Crippen LogP contribution in [0.25, 0.3) is 0 Å². The number of hydrogen-bond acceptors (Lipinski definition) is 5. The Bertz CT molecular complexity index is 248. The number of esters is 1. The molecule has 1 atom stereocenters. The minimum atomic E-state index is -0.610. The van der Waals surface area contributed by atoms with Crippen LogP contribution in [0, 0.1) is 5.92 Å². The standard InChI is InChI=1S/C10H17NO4/c1-6(12)7-3-8(4-7)15-10(13)5-9(11)14-2/h7-9H,3-5,11H2,1-2H3. The average Bonchev–Trinajstić information content (AvgIpc) is 2.09. The van der Waals surface area contributed by atoms with Gasteiger partial charge in [0.25, 0.3) is 0 Å². The number of ether oxygens (including phenoxy) is 2. The lowest BCUT2D eigenvalue weighted by molar-refractivity contribution is -0.160. The van der Waals surface area contributed by atoms with Crippen LogP contribution in [-0.2, 0) is 19.1 Å². The lowest BCUT2D eigenvalue weighted by Crippen LogP contribution is -2.38. The molecule has 1 saturated carbocycles. The Labute approximate surface area is 88.9 Å². The molecule has 15 heavy (non-hydrogen) atoms. The zero-order valence-corrected chi connectivity index (χ0v) is 9.06.